The van der Waals surface area contributed by atoms with E-state index in [0.29, 0.717) is 25.3 Å². The summed E-state index contributed by atoms with van der Waals surface area (Å²) in [4.78, 5) is 20.0. The van der Waals surface area contributed by atoms with Crippen molar-refractivity contribution in [3.8, 4) is 0 Å². The predicted molar refractivity (Wildman–Crippen MR) is 95.8 cm³/mol. The Morgan fingerprint density at radius 1 is 1.35 bits per heavy atom. The first-order chi connectivity index (χ1) is 12.4. The van der Waals surface area contributed by atoms with Crippen LogP contribution in [0.2, 0.25) is 0 Å². The largest absolute Gasteiger partial charge is 0.380 e. The monoisotopic (exact) mass is 360 g/mol. The second-order valence-corrected chi connectivity index (χ2v) is 6.23. The summed E-state index contributed by atoms with van der Waals surface area (Å²) in [5, 5.41) is 5.98. The van der Waals surface area contributed by atoms with Gasteiger partial charge in [-0.25, -0.2) is 9.37 Å². The van der Waals surface area contributed by atoms with Crippen LogP contribution < -0.4 is 22.1 Å². The van der Waals surface area contributed by atoms with Gasteiger partial charge in [0, 0.05) is 24.9 Å². The number of ether oxygens (including phenoxy) is 1. The van der Waals surface area contributed by atoms with E-state index in [2.05, 4.69) is 20.6 Å². The van der Waals surface area contributed by atoms with E-state index in [4.69, 9.17) is 16.2 Å². The summed E-state index contributed by atoms with van der Waals surface area (Å²) in [6, 6.07) is 2.43. The van der Waals surface area contributed by atoms with Crippen LogP contribution in [0.5, 0.6) is 0 Å². The molecule has 0 spiro atoms. The van der Waals surface area contributed by atoms with Gasteiger partial charge in [-0.2, -0.15) is 0 Å². The van der Waals surface area contributed by atoms with E-state index in [9.17, 15) is 9.18 Å². The molecule has 138 valence electrons. The fraction of sp³-hybridized carbons (Fsp3) is 0.353. The molecule has 2 atom stereocenters. The molecule has 0 saturated carbocycles. The van der Waals surface area contributed by atoms with Crippen LogP contribution in [-0.4, -0.2) is 41.2 Å². The number of nitrogens with one attached hydrogen (secondary N) is 2. The Labute approximate surface area is 150 Å². The summed E-state index contributed by atoms with van der Waals surface area (Å²) in [6.45, 7) is 2.80. The first-order valence-corrected chi connectivity index (χ1v) is 8.23. The van der Waals surface area contributed by atoms with Crippen molar-refractivity contribution in [2.45, 2.75) is 25.4 Å². The van der Waals surface area contributed by atoms with Gasteiger partial charge >= 0.3 is 0 Å². The molecule has 2 aromatic heterocycles. The zero-order valence-corrected chi connectivity index (χ0v) is 14.3. The third-order valence-electron chi connectivity index (χ3n) is 4.10. The zero-order chi connectivity index (χ0) is 18.7. The molecule has 1 amide bonds. The van der Waals surface area contributed by atoms with Crippen molar-refractivity contribution in [2.24, 2.45) is 11.5 Å². The summed E-state index contributed by atoms with van der Waals surface area (Å²) >= 11 is 0. The molecular weight excluding hydrogens is 339 g/mol. The molecule has 26 heavy (non-hydrogen) atoms. The Bertz CT molecular complexity index is 816. The van der Waals surface area contributed by atoms with Crippen molar-refractivity contribution >= 4 is 23.2 Å². The quantitative estimate of drug-likeness (QED) is 0.632. The number of carbonyl (C=O) groups is 1. The van der Waals surface area contributed by atoms with Crippen LogP contribution >= 0.6 is 0 Å². The van der Waals surface area contributed by atoms with Crippen molar-refractivity contribution in [1.82, 2.24) is 9.97 Å². The number of hydrogen-bond donors (Lipinski definition) is 4. The van der Waals surface area contributed by atoms with Gasteiger partial charge in [-0.3, -0.25) is 9.78 Å². The van der Waals surface area contributed by atoms with Crippen LogP contribution in [0.25, 0.3) is 0 Å². The van der Waals surface area contributed by atoms with Crippen LogP contribution in [0.4, 0.5) is 21.7 Å². The van der Waals surface area contributed by atoms with E-state index in [1.807, 2.05) is 13.0 Å². The number of carbonyl (C=O) groups excluding carboxylic acids is 1. The first-order valence-electron chi connectivity index (χ1n) is 8.23. The van der Waals surface area contributed by atoms with Gasteiger partial charge in [0.25, 0.3) is 5.91 Å². The molecule has 0 aliphatic carbocycles. The fourth-order valence-electron chi connectivity index (χ4n) is 2.75. The molecule has 2 aromatic rings. The highest BCUT2D eigenvalue weighted by Gasteiger charge is 2.25. The number of rotatable bonds is 5. The molecule has 1 aliphatic heterocycles. The second kappa shape index (κ2) is 7.63. The molecule has 0 bridgehead atoms. The number of pyridine rings is 2. The molecule has 0 radical (unpaired) electrons. The maximum atomic E-state index is 14.4. The Balaban J connectivity index is 1.92. The minimum absolute atomic E-state index is 0.000428. The van der Waals surface area contributed by atoms with Crippen LogP contribution in [0.1, 0.15) is 22.3 Å². The number of nitrogens with zero attached hydrogens (tertiary/aromatic N) is 2. The van der Waals surface area contributed by atoms with Crippen LogP contribution in [-0.2, 0) is 4.74 Å². The first kappa shape index (κ1) is 18.0. The molecule has 3 heterocycles. The van der Waals surface area contributed by atoms with Crippen molar-refractivity contribution in [3.63, 3.8) is 0 Å². The number of aromatic nitrogens is 2. The maximum Gasteiger partial charge on any atom is 0.252 e. The topological polar surface area (TPSA) is 128 Å². The number of aryl methyl sites for hydroxylation is 1. The maximum absolute atomic E-state index is 14.4. The number of primary amides is 1. The lowest BCUT2D eigenvalue weighted by Crippen LogP contribution is -2.47. The average Bonchev–Trinajstić information content (AvgIpc) is 2.59. The summed E-state index contributed by atoms with van der Waals surface area (Å²) in [5.41, 5.74) is 12.8. The zero-order valence-electron chi connectivity index (χ0n) is 14.3. The normalized spacial score (nSPS) is 19.8. The molecule has 1 aliphatic rings. The lowest BCUT2D eigenvalue weighted by atomic mass is 10.0. The van der Waals surface area contributed by atoms with E-state index in [1.54, 1.807) is 12.4 Å². The van der Waals surface area contributed by atoms with Gasteiger partial charge in [0.2, 0.25) is 0 Å². The standard InChI is InChI=1S/C17H21FN6O2/c1-9-4-10(7-21-6-9)22-16-11(15(20)25)5-12(18)17(24-16)23-14-2-3-26-8-13(14)19/h4-7,13-14H,2-3,8,19H2,1H3,(H2,20,25)(H2,22,23,24)/t13-,14+/m0/s1. The smallest absolute Gasteiger partial charge is 0.252 e. The molecular formula is C17H21FN6O2. The third kappa shape index (κ3) is 4.06. The van der Waals surface area contributed by atoms with E-state index in [0.717, 1.165) is 11.6 Å². The van der Waals surface area contributed by atoms with Crippen LogP contribution in [0, 0.1) is 12.7 Å². The third-order valence-corrected chi connectivity index (χ3v) is 4.10. The lowest BCUT2D eigenvalue weighted by molar-refractivity contribution is 0.0751. The highest BCUT2D eigenvalue weighted by molar-refractivity contribution is 5.98. The van der Waals surface area contributed by atoms with E-state index >= 15 is 0 Å². The van der Waals surface area contributed by atoms with Crippen molar-refractivity contribution in [2.75, 3.05) is 23.8 Å². The highest BCUT2D eigenvalue weighted by atomic mass is 19.1. The van der Waals surface area contributed by atoms with E-state index in [1.165, 1.54) is 0 Å². The second-order valence-electron chi connectivity index (χ2n) is 6.23. The SMILES string of the molecule is Cc1cncc(Nc2nc(N[C@@H]3CCOC[C@@H]3N)c(F)cc2C(N)=O)c1. The molecule has 0 aromatic carbocycles. The van der Waals surface area contributed by atoms with Crippen molar-refractivity contribution in [3.05, 3.63) is 41.5 Å². The molecule has 9 heteroatoms. The molecule has 1 fully saturated rings. The number of halogens is 1. The van der Waals surface area contributed by atoms with Crippen LogP contribution in [0.15, 0.2) is 24.5 Å². The molecule has 3 rings (SSSR count). The number of hydrogen-bond acceptors (Lipinski definition) is 7. The molecule has 8 nitrogen and oxygen atoms in total. The van der Waals surface area contributed by atoms with Crippen molar-refractivity contribution in [1.29, 1.82) is 0 Å². The van der Waals surface area contributed by atoms with Crippen LogP contribution in [0.3, 0.4) is 0 Å². The molecule has 6 N–H and O–H groups in total. The Morgan fingerprint density at radius 3 is 2.85 bits per heavy atom. The van der Waals surface area contributed by atoms with Gasteiger partial charge in [0.15, 0.2) is 11.6 Å². The summed E-state index contributed by atoms with van der Waals surface area (Å²) in [5.74, 6) is -1.31. The van der Waals surface area contributed by atoms with Gasteiger partial charge in [-0.15, -0.1) is 0 Å². The fourth-order valence-corrected chi connectivity index (χ4v) is 2.75. The molecule has 0 unspecified atom stereocenters. The summed E-state index contributed by atoms with van der Waals surface area (Å²) in [6.07, 6.45) is 3.90. The van der Waals surface area contributed by atoms with E-state index < -0.39 is 11.7 Å². The predicted octanol–water partition coefficient (Wildman–Crippen LogP) is 1.29. The average molecular weight is 360 g/mol. The minimum atomic E-state index is -0.783. The number of nitrogens with two attached hydrogens (primary N) is 2. The Morgan fingerprint density at radius 2 is 2.15 bits per heavy atom. The van der Waals surface area contributed by atoms with Gasteiger partial charge in [-0.05, 0) is 31.0 Å². The Kier molecular flexibility index (Phi) is 5.29. The summed E-state index contributed by atoms with van der Waals surface area (Å²) in [7, 11) is 0. The highest BCUT2D eigenvalue weighted by Crippen LogP contribution is 2.25. The van der Waals surface area contributed by atoms with E-state index in [-0.39, 0.29) is 29.3 Å². The lowest BCUT2D eigenvalue weighted by Gasteiger charge is -2.30. The van der Waals surface area contributed by atoms with Crippen molar-refractivity contribution < 1.29 is 13.9 Å². The minimum Gasteiger partial charge on any atom is -0.380 e. The number of amides is 1. The van der Waals surface area contributed by atoms with Gasteiger partial charge in [-0.1, -0.05) is 0 Å². The number of anilines is 3. The Hall–Kier alpha value is -2.78. The summed E-state index contributed by atoms with van der Waals surface area (Å²) < 4.78 is 19.7. The molecule has 1 saturated heterocycles. The van der Waals surface area contributed by atoms with Gasteiger partial charge in [0.05, 0.1) is 24.1 Å². The van der Waals surface area contributed by atoms with Gasteiger partial charge in [0.1, 0.15) is 5.82 Å². The van der Waals surface area contributed by atoms with Gasteiger partial charge < -0.3 is 26.8 Å².